The maximum Gasteiger partial charge on any atom is 0.135 e. The van der Waals surface area contributed by atoms with Crippen LogP contribution in [0.25, 0.3) is 38.8 Å². The van der Waals surface area contributed by atoms with Gasteiger partial charge in [0.2, 0.25) is 0 Å². The number of aromatic nitrogens is 2. The van der Waals surface area contributed by atoms with E-state index in [1.54, 1.807) is 0 Å². The summed E-state index contributed by atoms with van der Waals surface area (Å²) >= 11 is 0. The van der Waals surface area contributed by atoms with Gasteiger partial charge in [0.05, 0.1) is 0 Å². The van der Waals surface area contributed by atoms with E-state index in [-0.39, 0.29) is 48.1 Å². The molecule has 9 rings (SSSR count). The molecule has 0 bridgehead atoms. The molecule has 0 atom stereocenters. The van der Waals surface area contributed by atoms with Crippen LogP contribution in [-0.2, 0) is 42.7 Å². The minimum Gasteiger partial charge on any atom is -0.509 e. The molecule has 69 heavy (non-hydrogen) atoms. The number of anilines is 2. The number of para-hydroxylation sites is 1. The number of nitrogens with zero attached hydrogens (tertiary/aromatic N) is 4. The zero-order chi connectivity index (χ0) is 48.6. The predicted molar refractivity (Wildman–Crippen MR) is 286 cm³/mol. The molecule has 1 aliphatic heterocycles. The molecule has 5 nitrogen and oxygen atoms in total. The van der Waals surface area contributed by atoms with Crippen LogP contribution in [0, 0.1) is 24.2 Å². The van der Waals surface area contributed by atoms with Crippen LogP contribution in [0.15, 0.2) is 152 Å². The Morgan fingerprint density at radius 3 is 1.83 bits per heavy atom. The van der Waals surface area contributed by atoms with E-state index >= 15 is 0 Å². The Labute approximate surface area is 426 Å². The van der Waals surface area contributed by atoms with E-state index in [0.29, 0.717) is 11.5 Å². The smallest absolute Gasteiger partial charge is 0.135 e. The van der Waals surface area contributed by atoms with Crippen LogP contribution in [0.1, 0.15) is 125 Å². The first-order valence-electron chi connectivity index (χ1n) is 24.1. The van der Waals surface area contributed by atoms with E-state index in [0.717, 1.165) is 50.3 Å². The number of benzene rings is 6. The summed E-state index contributed by atoms with van der Waals surface area (Å²) in [7, 11) is 0. The third-order valence-electron chi connectivity index (χ3n) is 13.6. The molecule has 358 valence electrons. The molecule has 0 aliphatic carbocycles. The largest absolute Gasteiger partial charge is 0.509 e. The summed E-state index contributed by atoms with van der Waals surface area (Å²) in [4.78, 5) is 9.58. The first kappa shape index (κ1) is 49.5. The van der Waals surface area contributed by atoms with Gasteiger partial charge >= 0.3 is 0 Å². The second-order valence-electron chi connectivity index (χ2n) is 23.3. The van der Waals surface area contributed by atoms with Gasteiger partial charge in [-0.1, -0.05) is 193 Å². The molecule has 0 amide bonds. The summed E-state index contributed by atoms with van der Waals surface area (Å²) in [5.41, 5.74) is 12.6. The summed E-state index contributed by atoms with van der Waals surface area (Å²) < 4.78 is 9.45. The Bertz CT molecular complexity index is 3190. The number of fused-ring (bicyclic) bond motifs is 3. The molecule has 6 aromatic carbocycles. The third kappa shape index (κ3) is 9.82. The van der Waals surface area contributed by atoms with Gasteiger partial charge in [-0.25, -0.2) is 4.98 Å². The van der Waals surface area contributed by atoms with E-state index in [4.69, 9.17) is 9.72 Å². The molecule has 0 saturated heterocycles. The van der Waals surface area contributed by atoms with Crippen LogP contribution in [0.4, 0.5) is 11.4 Å². The molecule has 0 spiro atoms. The van der Waals surface area contributed by atoms with Gasteiger partial charge in [-0.15, -0.1) is 53.8 Å². The fourth-order valence-electron chi connectivity index (χ4n) is 9.39. The monoisotopic (exact) mass is 1090 g/mol. The molecule has 0 saturated carbocycles. The Hall–Kier alpha value is -5.90. The third-order valence-corrected chi connectivity index (χ3v) is 13.6. The molecule has 0 unspecified atom stereocenters. The average molecular weight is 1090 g/mol. The van der Waals surface area contributed by atoms with E-state index in [9.17, 15) is 0 Å². The Morgan fingerprint density at radius 1 is 0.536 bits per heavy atom. The van der Waals surface area contributed by atoms with Crippen molar-refractivity contribution in [2.75, 3.05) is 9.80 Å². The van der Waals surface area contributed by atoms with Crippen molar-refractivity contribution in [1.82, 2.24) is 9.55 Å². The molecule has 1 aliphatic rings. The molecule has 3 heterocycles. The van der Waals surface area contributed by atoms with Gasteiger partial charge in [0, 0.05) is 61.1 Å². The topological polar surface area (TPSA) is 33.5 Å². The molecule has 2 aromatic heterocycles. The Morgan fingerprint density at radius 2 is 1.17 bits per heavy atom. The zero-order valence-corrected chi connectivity index (χ0v) is 45.2. The van der Waals surface area contributed by atoms with Crippen molar-refractivity contribution in [3.05, 3.63) is 198 Å². The molecular weight excluding hydrogens is 1020 g/mol. The fourth-order valence-corrected chi connectivity index (χ4v) is 9.39. The van der Waals surface area contributed by atoms with Crippen molar-refractivity contribution in [3.8, 4) is 28.4 Å². The summed E-state index contributed by atoms with van der Waals surface area (Å²) in [5, 5.41) is 2.32. The standard InChI is InChI=1S/C63H67N4O.Pt/c1-59(2,3)45-29-30-64-57(36-45)67-54-28-22-21-27-52(54)58-53(61(7,8)9)38-51(39-55(58)67)68-50-35-47(63(13,14)44-25-19-16-20-26-44)34-49(37-50)66-41-65(40-56(66)62(10,11)12)48-32-43(42-23-17-15-18-24-42)31-46(33-48)60(4,5)6;/h15-36,38,40-41H,1-14H3;/q-3;. The van der Waals surface area contributed by atoms with Crippen LogP contribution in [-0.4, -0.2) is 9.55 Å². The molecule has 0 N–H and O–H groups in total. The first-order chi connectivity index (χ1) is 32.0. The van der Waals surface area contributed by atoms with E-state index in [1.165, 1.54) is 33.4 Å². The Kier molecular flexibility index (Phi) is 13.0. The number of rotatable bonds is 8. The van der Waals surface area contributed by atoms with Crippen LogP contribution < -0.4 is 14.5 Å². The summed E-state index contributed by atoms with van der Waals surface area (Å²) in [6.07, 6.45) is 4.22. The van der Waals surface area contributed by atoms with Crippen molar-refractivity contribution in [1.29, 1.82) is 0 Å². The normalized spacial score (nSPS) is 13.8. The number of hydrogen-bond acceptors (Lipinski definition) is 4. The summed E-state index contributed by atoms with van der Waals surface area (Å²) in [5.74, 6) is 2.10. The van der Waals surface area contributed by atoms with Crippen molar-refractivity contribution in [3.63, 3.8) is 0 Å². The number of pyridine rings is 1. The quantitative estimate of drug-likeness (QED) is 0.142. The van der Waals surface area contributed by atoms with Crippen LogP contribution >= 0.6 is 0 Å². The SMILES string of the molecule is CC(C)(C)C1=CN(c2cc(-c3ccccc3)cc(C(C)(C)C)c2)[CH-]N1c1[c-]c(Oc2[c-]c3c(c(C(C)(C)C)c2)c2ccccc2n3-c2cc(C(C)(C)C)ccn2)cc(C(C)(C)c2ccccc2)c1.[Pt]. The van der Waals surface area contributed by atoms with E-state index in [1.807, 2.05) is 6.20 Å². The second-order valence-corrected chi connectivity index (χ2v) is 23.3. The van der Waals surface area contributed by atoms with Gasteiger partial charge < -0.3 is 19.1 Å². The van der Waals surface area contributed by atoms with Crippen molar-refractivity contribution in [2.24, 2.45) is 5.41 Å². The molecule has 0 fully saturated rings. The van der Waals surface area contributed by atoms with Gasteiger partial charge in [0.1, 0.15) is 5.82 Å². The van der Waals surface area contributed by atoms with Gasteiger partial charge in [-0.3, -0.25) is 0 Å². The predicted octanol–water partition coefficient (Wildman–Crippen LogP) is 16.8. The number of hydrogen-bond donors (Lipinski definition) is 0. The first-order valence-corrected chi connectivity index (χ1v) is 24.1. The van der Waals surface area contributed by atoms with Gasteiger partial charge in [-0.2, -0.15) is 0 Å². The molecule has 8 aromatic rings. The van der Waals surface area contributed by atoms with Gasteiger partial charge in [0.15, 0.2) is 0 Å². The van der Waals surface area contributed by atoms with Crippen molar-refractivity contribution < 1.29 is 25.8 Å². The maximum atomic E-state index is 7.19. The fraction of sp³-hybridized carbons (Fsp3) is 0.302. The van der Waals surface area contributed by atoms with Crippen LogP contribution in [0.3, 0.4) is 0 Å². The minimum atomic E-state index is -0.375. The minimum absolute atomic E-state index is 0. The second kappa shape index (κ2) is 18.1. The maximum absolute atomic E-state index is 7.19. The van der Waals surface area contributed by atoms with Crippen LogP contribution in [0.2, 0.25) is 0 Å². The van der Waals surface area contributed by atoms with E-state index < -0.39 is 0 Å². The molecule has 6 heteroatoms. The molecule has 0 radical (unpaired) electrons. The van der Waals surface area contributed by atoms with Crippen molar-refractivity contribution in [2.45, 2.75) is 119 Å². The number of allylic oxidation sites excluding steroid dienone is 1. The summed E-state index contributed by atoms with van der Waals surface area (Å²) in [6.45, 7) is 34.1. The van der Waals surface area contributed by atoms with E-state index in [2.05, 4.69) is 270 Å². The Balaban J connectivity index is 0.00000642. The van der Waals surface area contributed by atoms with Gasteiger partial charge in [0.25, 0.3) is 0 Å². The zero-order valence-electron chi connectivity index (χ0n) is 42.9. The van der Waals surface area contributed by atoms with Crippen LogP contribution in [0.5, 0.6) is 11.5 Å². The summed E-state index contributed by atoms with van der Waals surface area (Å²) in [6, 6.07) is 55.7. The molecular formula is C63H67N4OPt-3. The van der Waals surface area contributed by atoms with Crippen molar-refractivity contribution >= 4 is 33.2 Å². The average Bonchev–Trinajstić information content (AvgIpc) is 3.90. The van der Waals surface area contributed by atoms with Gasteiger partial charge in [-0.05, 0) is 91.4 Å². The number of ether oxygens (including phenoxy) is 1.